The van der Waals surface area contributed by atoms with Crippen LogP contribution in [0.25, 0.3) is 0 Å². The van der Waals surface area contributed by atoms with Gasteiger partial charge >= 0.3 is 5.69 Å². The Bertz CT molecular complexity index is 914. The van der Waals surface area contributed by atoms with Crippen LogP contribution in [-0.4, -0.2) is 18.4 Å². The second-order valence-corrected chi connectivity index (χ2v) is 6.88. The van der Waals surface area contributed by atoms with E-state index in [4.69, 9.17) is 0 Å². The number of hydrogen-bond acceptors (Lipinski definition) is 4. The van der Waals surface area contributed by atoms with Crippen LogP contribution in [0.2, 0.25) is 0 Å². The van der Waals surface area contributed by atoms with Crippen molar-refractivity contribution in [2.75, 3.05) is 0 Å². The molecular weight excluding hydrogens is 306 g/mol. The second kappa shape index (κ2) is 5.54. The number of aromatic amines is 2. The van der Waals surface area contributed by atoms with Crippen molar-refractivity contribution in [2.45, 2.75) is 30.2 Å². The van der Waals surface area contributed by atoms with E-state index >= 15 is 0 Å². The predicted molar refractivity (Wildman–Crippen MR) is 80.1 cm³/mol. The van der Waals surface area contributed by atoms with Crippen molar-refractivity contribution in [3.63, 3.8) is 0 Å². The fourth-order valence-electron chi connectivity index (χ4n) is 2.72. The maximum Gasteiger partial charge on any atom is 0.325 e. The summed E-state index contributed by atoms with van der Waals surface area (Å²) in [6.07, 6.45) is 3.36. The van der Waals surface area contributed by atoms with Crippen molar-refractivity contribution in [3.05, 3.63) is 62.4 Å². The van der Waals surface area contributed by atoms with Gasteiger partial charge in [-0.05, 0) is 30.4 Å². The fraction of sp³-hybridized carbons (Fsp3) is 0.286. The molecule has 22 heavy (non-hydrogen) atoms. The SMILES string of the molecule is O=c1[nH]cc(S(=O)(=O)N[C@@H]2CCCc3ccccc32)c(=O)[nH]1. The Balaban J connectivity index is 1.96. The van der Waals surface area contributed by atoms with Crippen molar-refractivity contribution >= 4 is 10.0 Å². The summed E-state index contributed by atoms with van der Waals surface area (Å²) in [6.45, 7) is 0. The van der Waals surface area contributed by atoms with Gasteiger partial charge in [-0.1, -0.05) is 24.3 Å². The largest absolute Gasteiger partial charge is 0.325 e. The van der Waals surface area contributed by atoms with Gasteiger partial charge in [0.25, 0.3) is 5.56 Å². The Morgan fingerprint density at radius 2 is 1.95 bits per heavy atom. The lowest BCUT2D eigenvalue weighted by Crippen LogP contribution is -2.36. The van der Waals surface area contributed by atoms with Gasteiger partial charge in [0, 0.05) is 12.2 Å². The number of fused-ring (bicyclic) bond motifs is 1. The average Bonchev–Trinajstić information content (AvgIpc) is 2.47. The van der Waals surface area contributed by atoms with Gasteiger partial charge in [0.1, 0.15) is 0 Å². The lowest BCUT2D eigenvalue weighted by atomic mass is 9.88. The summed E-state index contributed by atoms with van der Waals surface area (Å²) in [5.41, 5.74) is 0.363. The van der Waals surface area contributed by atoms with Gasteiger partial charge in [0.2, 0.25) is 10.0 Å². The number of hydrogen-bond donors (Lipinski definition) is 3. The monoisotopic (exact) mass is 321 g/mol. The first-order valence-electron chi connectivity index (χ1n) is 6.89. The highest BCUT2D eigenvalue weighted by Gasteiger charge is 2.27. The molecule has 0 spiro atoms. The fourth-order valence-corrected chi connectivity index (χ4v) is 3.98. The third-order valence-corrected chi connectivity index (χ3v) is 5.22. The first-order chi connectivity index (χ1) is 10.5. The highest BCUT2D eigenvalue weighted by atomic mass is 32.2. The molecule has 1 aromatic carbocycles. The Labute approximate surface area is 126 Å². The molecule has 1 aromatic heterocycles. The second-order valence-electron chi connectivity index (χ2n) is 5.20. The molecule has 0 bridgehead atoms. The third kappa shape index (κ3) is 2.75. The summed E-state index contributed by atoms with van der Waals surface area (Å²) >= 11 is 0. The molecule has 0 saturated heterocycles. The molecule has 0 fully saturated rings. The van der Waals surface area contributed by atoms with Crippen LogP contribution in [0.5, 0.6) is 0 Å². The molecule has 3 rings (SSSR count). The first-order valence-corrected chi connectivity index (χ1v) is 8.38. The predicted octanol–water partition coefficient (Wildman–Crippen LogP) is 0.419. The van der Waals surface area contributed by atoms with E-state index in [-0.39, 0.29) is 6.04 Å². The lowest BCUT2D eigenvalue weighted by Gasteiger charge is -2.25. The molecule has 1 aliphatic rings. The highest BCUT2D eigenvalue weighted by Crippen LogP contribution is 2.30. The van der Waals surface area contributed by atoms with Crippen LogP contribution in [0, 0.1) is 0 Å². The first kappa shape index (κ1) is 14.7. The number of aryl methyl sites for hydroxylation is 1. The van der Waals surface area contributed by atoms with Crippen LogP contribution in [0.3, 0.4) is 0 Å². The molecule has 3 N–H and O–H groups in total. The molecule has 0 aliphatic heterocycles. The Morgan fingerprint density at radius 1 is 1.18 bits per heavy atom. The number of sulfonamides is 1. The minimum Gasteiger partial charge on any atom is -0.313 e. The summed E-state index contributed by atoms with van der Waals surface area (Å²) in [6, 6.07) is 7.27. The van der Waals surface area contributed by atoms with E-state index in [2.05, 4.69) is 9.71 Å². The molecule has 0 radical (unpaired) electrons. The molecule has 0 saturated carbocycles. The van der Waals surface area contributed by atoms with Crippen LogP contribution in [0.15, 0.2) is 44.9 Å². The normalized spacial score (nSPS) is 17.9. The molecular formula is C14H15N3O4S. The zero-order chi connectivity index (χ0) is 15.7. The minimum absolute atomic E-state index is 0.374. The summed E-state index contributed by atoms with van der Waals surface area (Å²) in [5.74, 6) is 0. The Hall–Kier alpha value is -2.19. The number of H-pyrrole nitrogens is 2. The lowest BCUT2D eigenvalue weighted by molar-refractivity contribution is 0.506. The molecule has 8 heteroatoms. The van der Waals surface area contributed by atoms with Gasteiger partial charge in [0.15, 0.2) is 4.90 Å². The van der Waals surface area contributed by atoms with E-state index in [1.165, 1.54) is 0 Å². The van der Waals surface area contributed by atoms with E-state index in [1.54, 1.807) is 0 Å². The standard InChI is InChI=1S/C14H15N3O4S/c18-13-12(8-15-14(19)16-13)22(20,21)17-11-7-3-5-9-4-1-2-6-10(9)11/h1-2,4,6,8,11,17H,3,5,7H2,(H2,15,16,18,19)/t11-/m1/s1. The average molecular weight is 321 g/mol. The number of aromatic nitrogens is 2. The van der Waals surface area contributed by atoms with Gasteiger partial charge < -0.3 is 4.98 Å². The summed E-state index contributed by atoms with van der Waals surface area (Å²) in [4.78, 5) is 26.3. The number of nitrogens with one attached hydrogen (secondary N) is 3. The van der Waals surface area contributed by atoms with Crippen molar-refractivity contribution in [3.8, 4) is 0 Å². The van der Waals surface area contributed by atoms with Crippen molar-refractivity contribution in [1.82, 2.24) is 14.7 Å². The molecule has 2 aromatic rings. The van der Waals surface area contributed by atoms with Crippen molar-refractivity contribution < 1.29 is 8.42 Å². The smallest absolute Gasteiger partial charge is 0.313 e. The maximum absolute atomic E-state index is 12.4. The molecule has 1 aliphatic carbocycles. The van der Waals surface area contributed by atoms with Gasteiger partial charge in [0.05, 0.1) is 0 Å². The zero-order valence-corrected chi connectivity index (χ0v) is 12.4. The van der Waals surface area contributed by atoms with Crippen molar-refractivity contribution in [2.24, 2.45) is 0 Å². The van der Waals surface area contributed by atoms with Gasteiger partial charge in [-0.25, -0.2) is 17.9 Å². The molecule has 116 valence electrons. The van der Waals surface area contributed by atoms with E-state index in [1.807, 2.05) is 29.2 Å². The molecule has 0 amide bonds. The van der Waals surface area contributed by atoms with Gasteiger partial charge in [-0.15, -0.1) is 0 Å². The summed E-state index contributed by atoms with van der Waals surface area (Å²) in [5, 5.41) is 0. The van der Waals surface area contributed by atoms with E-state index < -0.39 is 26.2 Å². The Morgan fingerprint density at radius 3 is 2.73 bits per heavy atom. The topological polar surface area (TPSA) is 112 Å². The molecule has 7 nitrogen and oxygen atoms in total. The van der Waals surface area contributed by atoms with Crippen LogP contribution in [0.4, 0.5) is 0 Å². The van der Waals surface area contributed by atoms with Crippen molar-refractivity contribution in [1.29, 1.82) is 0 Å². The number of rotatable bonds is 3. The maximum atomic E-state index is 12.4. The zero-order valence-electron chi connectivity index (χ0n) is 11.6. The van der Waals surface area contributed by atoms with Crippen LogP contribution in [0.1, 0.15) is 30.0 Å². The van der Waals surface area contributed by atoms with Crippen LogP contribution < -0.4 is 16.0 Å². The molecule has 1 atom stereocenters. The van der Waals surface area contributed by atoms with Gasteiger partial charge in [-0.3, -0.25) is 9.78 Å². The third-order valence-electron chi connectivity index (χ3n) is 3.74. The van der Waals surface area contributed by atoms with Crippen LogP contribution >= 0.6 is 0 Å². The number of benzene rings is 1. The van der Waals surface area contributed by atoms with E-state index in [9.17, 15) is 18.0 Å². The minimum atomic E-state index is -4.01. The highest BCUT2D eigenvalue weighted by molar-refractivity contribution is 7.89. The van der Waals surface area contributed by atoms with Gasteiger partial charge in [-0.2, -0.15) is 0 Å². The van der Waals surface area contributed by atoms with E-state index in [0.717, 1.165) is 30.2 Å². The summed E-state index contributed by atoms with van der Waals surface area (Å²) < 4.78 is 27.3. The Kier molecular flexibility index (Phi) is 3.71. The summed E-state index contributed by atoms with van der Waals surface area (Å²) in [7, 11) is -4.01. The molecule has 0 unspecified atom stereocenters. The van der Waals surface area contributed by atoms with Crippen LogP contribution in [-0.2, 0) is 16.4 Å². The van der Waals surface area contributed by atoms with E-state index in [0.29, 0.717) is 6.42 Å². The quantitative estimate of drug-likeness (QED) is 0.760. The molecule has 1 heterocycles.